The number of carbonyl (C=O) groups is 1. The van der Waals surface area contributed by atoms with Crippen LogP contribution in [0.5, 0.6) is 0 Å². The van der Waals surface area contributed by atoms with Crippen molar-refractivity contribution in [2.24, 2.45) is 0 Å². The molecule has 140 valence electrons. The van der Waals surface area contributed by atoms with Gasteiger partial charge in [0.05, 0.1) is 13.2 Å². The lowest BCUT2D eigenvalue weighted by Gasteiger charge is -2.27. The van der Waals surface area contributed by atoms with Crippen molar-refractivity contribution in [1.29, 1.82) is 0 Å². The molecule has 1 N–H and O–H groups in total. The fraction of sp³-hybridized carbons (Fsp3) is 0.500. The Balaban J connectivity index is 1.73. The molecule has 1 aliphatic rings. The highest BCUT2D eigenvalue weighted by atomic mass is 35.5. The number of nitrogens with one attached hydrogen (secondary N) is 1. The quantitative estimate of drug-likeness (QED) is 0.812. The first-order valence-electron chi connectivity index (χ1n) is 8.23. The molecule has 0 aliphatic carbocycles. The zero-order chi connectivity index (χ0) is 18.7. The van der Waals surface area contributed by atoms with E-state index in [0.29, 0.717) is 49.0 Å². The number of morpholine rings is 1. The number of aromatic nitrogens is 4. The van der Waals surface area contributed by atoms with Crippen LogP contribution in [-0.4, -0.2) is 57.7 Å². The summed E-state index contributed by atoms with van der Waals surface area (Å²) in [5, 5.41) is 7.50. The number of carbonyl (C=O) groups excluding carboxylic acids is 1. The third-order valence-electron chi connectivity index (χ3n) is 3.40. The molecule has 0 atom stereocenters. The molecule has 1 fully saturated rings. The summed E-state index contributed by atoms with van der Waals surface area (Å²) >= 11 is 6.11. The van der Waals surface area contributed by atoms with E-state index >= 15 is 0 Å². The number of hydrogen-bond donors (Lipinski definition) is 1. The second-order valence-electron chi connectivity index (χ2n) is 6.73. The molecule has 0 spiro atoms. The van der Waals surface area contributed by atoms with Crippen LogP contribution < -0.4 is 10.2 Å². The van der Waals surface area contributed by atoms with Gasteiger partial charge in [-0.3, -0.25) is 0 Å². The average molecular weight is 381 g/mol. The van der Waals surface area contributed by atoms with Gasteiger partial charge in [0.1, 0.15) is 16.6 Å². The van der Waals surface area contributed by atoms with Gasteiger partial charge in [0, 0.05) is 31.4 Å². The maximum Gasteiger partial charge on any atom is 0.435 e. The Morgan fingerprint density at radius 2 is 2.00 bits per heavy atom. The van der Waals surface area contributed by atoms with Crippen LogP contribution in [0.15, 0.2) is 18.3 Å². The SMILES string of the molecule is CC(C)(C)OC(=O)n1ccc(Nc2cc(Cl)nc(N3CCOCC3)n2)n1. The van der Waals surface area contributed by atoms with Gasteiger partial charge in [-0.05, 0) is 20.8 Å². The largest absolute Gasteiger partial charge is 0.442 e. The zero-order valence-corrected chi connectivity index (χ0v) is 15.7. The summed E-state index contributed by atoms with van der Waals surface area (Å²) in [6.45, 7) is 8.04. The molecule has 26 heavy (non-hydrogen) atoms. The van der Waals surface area contributed by atoms with Crippen LogP contribution in [0.1, 0.15) is 20.8 Å². The van der Waals surface area contributed by atoms with Gasteiger partial charge in [-0.15, -0.1) is 5.10 Å². The first-order valence-corrected chi connectivity index (χ1v) is 8.61. The molecule has 2 aromatic heterocycles. The number of anilines is 3. The van der Waals surface area contributed by atoms with Crippen molar-refractivity contribution in [3.05, 3.63) is 23.5 Å². The molecular formula is C16H21ClN6O3. The highest BCUT2D eigenvalue weighted by Crippen LogP contribution is 2.21. The van der Waals surface area contributed by atoms with Gasteiger partial charge >= 0.3 is 6.09 Å². The summed E-state index contributed by atoms with van der Waals surface area (Å²) in [5.74, 6) is 1.45. The summed E-state index contributed by atoms with van der Waals surface area (Å²) < 4.78 is 11.7. The van der Waals surface area contributed by atoms with Crippen LogP contribution in [0, 0.1) is 0 Å². The van der Waals surface area contributed by atoms with Crippen molar-refractivity contribution in [2.75, 3.05) is 36.5 Å². The van der Waals surface area contributed by atoms with E-state index in [9.17, 15) is 4.79 Å². The molecule has 0 unspecified atom stereocenters. The van der Waals surface area contributed by atoms with Crippen LogP contribution in [0.3, 0.4) is 0 Å². The van der Waals surface area contributed by atoms with Gasteiger partial charge in [0.2, 0.25) is 5.95 Å². The minimum atomic E-state index is -0.593. The Kier molecular flexibility index (Phi) is 5.28. The Labute approximate surface area is 156 Å². The van der Waals surface area contributed by atoms with E-state index in [2.05, 4.69) is 20.4 Å². The first-order chi connectivity index (χ1) is 12.3. The van der Waals surface area contributed by atoms with Gasteiger partial charge < -0.3 is 19.7 Å². The van der Waals surface area contributed by atoms with E-state index in [1.165, 1.54) is 6.20 Å². The molecule has 1 aliphatic heterocycles. The van der Waals surface area contributed by atoms with Crippen molar-refractivity contribution in [1.82, 2.24) is 19.7 Å². The standard InChI is InChI=1S/C16H21ClN6O3/c1-16(2,3)26-15(24)23-5-4-12(21-23)19-13-10-11(17)18-14(20-13)22-6-8-25-9-7-22/h4-5,10H,6-9H2,1-3H3,(H,18,19,20,21). The smallest absolute Gasteiger partial charge is 0.435 e. The Morgan fingerprint density at radius 3 is 2.69 bits per heavy atom. The molecule has 0 radical (unpaired) electrons. The predicted molar refractivity (Wildman–Crippen MR) is 97.2 cm³/mol. The number of nitrogens with zero attached hydrogens (tertiary/aromatic N) is 5. The molecule has 3 rings (SSSR count). The fourth-order valence-corrected chi connectivity index (χ4v) is 2.49. The van der Waals surface area contributed by atoms with Crippen LogP contribution >= 0.6 is 11.6 Å². The lowest BCUT2D eigenvalue weighted by atomic mass is 10.2. The van der Waals surface area contributed by atoms with E-state index < -0.39 is 11.7 Å². The summed E-state index contributed by atoms with van der Waals surface area (Å²) in [6.07, 6.45) is 0.961. The van der Waals surface area contributed by atoms with Gasteiger partial charge in [0.15, 0.2) is 5.82 Å². The van der Waals surface area contributed by atoms with Gasteiger partial charge in [-0.25, -0.2) is 9.78 Å². The van der Waals surface area contributed by atoms with Gasteiger partial charge in [0.25, 0.3) is 0 Å². The first kappa shape index (κ1) is 18.4. The third kappa shape index (κ3) is 4.83. The average Bonchev–Trinajstić information content (AvgIpc) is 3.02. The maximum atomic E-state index is 12.0. The molecule has 1 saturated heterocycles. The molecule has 3 heterocycles. The fourth-order valence-electron chi connectivity index (χ4n) is 2.31. The monoisotopic (exact) mass is 380 g/mol. The van der Waals surface area contributed by atoms with Crippen LogP contribution in [0.2, 0.25) is 5.15 Å². The van der Waals surface area contributed by atoms with E-state index in [0.717, 1.165) is 4.68 Å². The molecular weight excluding hydrogens is 360 g/mol. The number of halogens is 1. The van der Waals surface area contributed by atoms with E-state index in [-0.39, 0.29) is 0 Å². The van der Waals surface area contributed by atoms with Crippen LogP contribution in [-0.2, 0) is 9.47 Å². The highest BCUT2D eigenvalue weighted by Gasteiger charge is 2.19. The van der Waals surface area contributed by atoms with Crippen molar-refractivity contribution in [3.8, 4) is 0 Å². The van der Waals surface area contributed by atoms with Gasteiger partial charge in [-0.1, -0.05) is 11.6 Å². The Bertz CT molecular complexity index is 783. The topological polar surface area (TPSA) is 94.4 Å². The van der Waals surface area contributed by atoms with Crippen molar-refractivity contribution < 1.29 is 14.3 Å². The number of hydrogen-bond acceptors (Lipinski definition) is 8. The molecule has 9 nitrogen and oxygen atoms in total. The highest BCUT2D eigenvalue weighted by molar-refractivity contribution is 6.29. The Morgan fingerprint density at radius 1 is 1.27 bits per heavy atom. The van der Waals surface area contributed by atoms with E-state index in [1.807, 2.05) is 4.90 Å². The van der Waals surface area contributed by atoms with Crippen molar-refractivity contribution in [3.63, 3.8) is 0 Å². The minimum absolute atomic E-state index is 0.315. The number of ether oxygens (including phenoxy) is 2. The molecule has 10 heteroatoms. The van der Waals surface area contributed by atoms with Crippen molar-refractivity contribution in [2.45, 2.75) is 26.4 Å². The maximum absolute atomic E-state index is 12.0. The predicted octanol–water partition coefficient (Wildman–Crippen LogP) is 2.69. The second-order valence-corrected chi connectivity index (χ2v) is 7.11. The van der Waals surface area contributed by atoms with Crippen LogP contribution in [0.25, 0.3) is 0 Å². The summed E-state index contributed by atoms with van der Waals surface area (Å²) in [5.41, 5.74) is -0.593. The van der Waals surface area contributed by atoms with E-state index in [4.69, 9.17) is 21.1 Å². The Hall–Kier alpha value is -2.39. The lowest BCUT2D eigenvalue weighted by Crippen LogP contribution is -2.37. The van der Waals surface area contributed by atoms with Crippen molar-refractivity contribution >= 4 is 35.3 Å². The molecule has 2 aromatic rings. The van der Waals surface area contributed by atoms with Gasteiger partial charge in [-0.2, -0.15) is 9.67 Å². The third-order valence-corrected chi connectivity index (χ3v) is 3.60. The molecule has 0 saturated carbocycles. The molecule has 0 aromatic carbocycles. The lowest BCUT2D eigenvalue weighted by molar-refractivity contribution is 0.0515. The summed E-state index contributed by atoms with van der Waals surface area (Å²) in [6, 6.07) is 3.24. The normalized spacial score (nSPS) is 15.0. The summed E-state index contributed by atoms with van der Waals surface area (Å²) in [4.78, 5) is 22.7. The summed E-state index contributed by atoms with van der Waals surface area (Å²) in [7, 11) is 0. The van der Waals surface area contributed by atoms with Crippen LogP contribution in [0.4, 0.5) is 22.4 Å². The second kappa shape index (κ2) is 7.46. The molecule has 0 bridgehead atoms. The zero-order valence-electron chi connectivity index (χ0n) is 14.9. The number of rotatable bonds is 3. The minimum Gasteiger partial charge on any atom is -0.442 e. The van der Waals surface area contributed by atoms with E-state index in [1.54, 1.807) is 32.9 Å². The molecule has 0 amide bonds.